The van der Waals surface area contributed by atoms with Gasteiger partial charge >= 0.3 is 0 Å². The van der Waals surface area contributed by atoms with Crippen LogP contribution in [0.2, 0.25) is 5.02 Å². The molecule has 1 amide bonds. The highest BCUT2D eigenvalue weighted by atomic mass is 35.5. The summed E-state index contributed by atoms with van der Waals surface area (Å²) in [6.45, 7) is 0. The minimum absolute atomic E-state index is 0.0896. The minimum atomic E-state index is -0.250. The summed E-state index contributed by atoms with van der Waals surface area (Å²) < 4.78 is 5.70. The first kappa shape index (κ1) is 18.7. The average molecular weight is 380 g/mol. The van der Waals surface area contributed by atoms with Gasteiger partial charge in [0.2, 0.25) is 5.91 Å². The zero-order chi connectivity index (χ0) is 19.1. The van der Waals surface area contributed by atoms with Crippen LogP contribution >= 0.6 is 11.6 Å². The molecule has 0 heterocycles. The molecule has 3 aromatic rings. The molecule has 0 aliphatic heterocycles. The third-order valence-corrected chi connectivity index (χ3v) is 4.21. The molecule has 0 saturated heterocycles. The first-order valence-corrected chi connectivity index (χ1v) is 8.90. The molecule has 0 saturated carbocycles. The molecule has 0 radical (unpaired) electrons. The van der Waals surface area contributed by atoms with E-state index in [0.29, 0.717) is 22.0 Å². The number of carbonyl (C=O) groups is 2. The Kier molecular flexibility index (Phi) is 6.23. The molecule has 0 fully saturated rings. The first-order valence-electron chi connectivity index (χ1n) is 8.52. The van der Waals surface area contributed by atoms with E-state index in [0.717, 1.165) is 5.75 Å². The van der Waals surface area contributed by atoms with Crippen molar-refractivity contribution in [1.82, 2.24) is 0 Å². The number of ether oxygens (including phenoxy) is 1. The molecule has 0 bridgehead atoms. The number of benzene rings is 3. The van der Waals surface area contributed by atoms with Crippen molar-refractivity contribution in [2.24, 2.45) is 0 Å². The number of carbonyl (C=O) groups excluding carboxylic acids is 2. The number of Topliss-reactive ketones (excluding diaryl/α,β-unsaturated/α-hetero) is 1. The largest absolute Gasteiger partial charge is 0.457 e. The van der Waals surface area contributed by atoms with Gasteiger partial charge in [-0.2, -0.15) is 0 Å². The van der Waals surface area contributed by atoms with E-state index in [-0.39, 0.29) is 24.5 Å². The summed E-state index contributed by atoms with van der Waals surface area (Å²) in [4.78, 5) is 24.3. The molecule has 0 aliphatic carbocycles. The van der Waals surface area contributed by atoms with E-state index in [1.54, 1.807) is 48.5 Å². The van der Waals surface area contributed by atoms with Crippen molar-refractivity contribution in [3.05, 3.63) is 89.4 Å². The second kappa shape index (κ2) is 9.01. The van der Waals surface area contributed by atoms with Gasteiger partial charge in [-0.3, -0.25) is 9.59 Å². The highest BCUT2D eigenvalue weighted by Crippen LogP contribution is 2.22. The van der Waals surface area contributed by atoms with E-state index in [1.165, 1.54) is 0 Å². The van der Waals surface area contributed by atoms with Crippen molar-refractivity contribution in [2.45, 2.75) is 12.8 Å². The Labute approximate surface area is 162 Å². The standard InChI is InChI=1S/C22H18ClNO3/c23-19-8-4-5-9-20(19)24-22(26)15-14-21(25)16-10-12-18(13-11-16)27-17-6-2-1-3-7-17/h1-13H,14-15H2,(H,24,26). The van der Waals surface area contributed by atoms with Gasteiger partial charge in [-0.05, 0) is 48.5 Å². The SMILES string of the molecule is O=C(CCC(=O)c1ccc(Oc2ccccc2)cc1)Nc1ccccc1Cl. The number of ketones is 1. The number of nitrogens with one attached hydrogen (secondary N) is 1. The van der Waals surface area contributed by atoms with Crippen LogP contribution in [0.5, 0.6) is 11.5 Å². The Morgan fingerprint density at radius 1 is 0.778 bits per heavy atom. The fourth-order valence-corrected chi connectivity index (χ4v) is 2.66. The van der Waals surface area contributed by atoms with Crippen molar-refractivity contribution in [3.8, 4) is 11.5 Å². The van der Waals surface area contributed by atoms with Gasteiger partial charge in [0, 0.05) is 18.4 Å². The topological polar surface area (TPSA) is 55.4 Å². The van der Waals surface area contributed by atoms with E-state index in [1.807, 2.05) is 30.3 Å². The van der Waals surface area contributed by atoms with Gasteiger partial charge in [-0.1, -0.05) is 41.9 Å². The molecule has 136 valence electrons. The average Bonchev–Trinajstić information content (AvgIpc) is 2.69. The number of amides is 1. The first-order chi connectivity index (χ1) is 13.1. The number of para-hydroxylation sites is 2. The molecule has 3 rings (SSSR count). The van der Waals surface area contributed by atoms with Crippen LogP contribution in [-0.2, 0) is 4.79 Å². The van der Waals surface area contributed by atoms with E-state index in [2.05, 4.69) is 5.32 Å². The third kappa shape index (κ3) is 5.43. The summed E-state index contributed by atoms with van der Waals surface area (Å²) in [5, 5.41) is 3.17. The molecule has 27 heavy (non-hydrogen) atoms. The van der Waals surface area contributed by atoms with Crippen LogP contribution in [-0.4, -0.2) is 11.7 Å². The number of halogens is 1. The van der Waals surface area contributed by atoms with Gasteiger partial charge in [0.15, 0.2) is 5.78 Å². The van der Waals surface area contributed by atoms with Crippen molar-refractivity contribution < 1.29 is 14.3 Å². The Hall–Kier alpha value is -3.11. The normalized spacial score (nSPS) is 10.3. The van der Waals surface area contributed by atoms with Crippen LogP contribution < -0.4 is 10.1 Å². The zero-order valence-corrected chi connectivity index (χ0v) is 15.3. The van der Waals surface area contributed by atoms with Crippen LogP contribution in [0.1, 0.15) is 23.2 Å². The van der Waals surface area contributed by atoms with Gasteiger partial charge in [-0.15, -0.1) is 0 Å². The summed E-state index contributed by atoms with van der Waals surface area (Å²) >= 11 is 6.01. The monoisotopic (exact) mass is 379 g/mol. The summed E-state index contributed by atoms with van der Waals surface area (Å²) in [5.74, 6) is 1.03. The predicted molar refractivity (Wildman–Crippen MR) is 107 cm³/mol. The van der Waals surface area contributed by atoms with Crippen LogP contribution in [0.15, 0.2) is 78.9 Å². The minimum Gasteiger partial charge on any atom is -0.457 e. The fraction of sp³-hybridized carbons (Fsp3) is 0.0909. The van der Waals surface area contributed by atoms with Gasteiger partial charge in [0.25, 0.3) is 0 Å². The van der Waals surface area contributed by atoms with Gasteiger partial charge in [0.1, 0.15) is 11.5 Å². The lowest BCUT2D eigenvalue weighted by Crippen LogP contribution is -2.13. The molecule has 4 nitrogen and oxygen atoms in total. The number of hydrogen-bond donors (Lipinski definition) is 1. The predicted octanol–water partition coefficient (Wildman–Crippen LogP) is 5.73. The van der Waals surface area contributed by atoms with Crippen molar-refractivity contribution >= 4 is 29.0 Å². The maximum atomic E-state index is 12.3. The van der Waals surface area contributed by atoms with E-state index in [9.17, 15) is 9.59 Å². The summed E-state index contributed by atoms with van der Waals surface area (Å²) in [7, 11) is 0. The molecule has 3 aromatic carbocycles. The second-order valence-corrected chi connectivity index (χ2v) is 6.30. The zero-order valence-electron chi connectivity index (χ0n) is 14.5. The summed E-state index contributed by atoms with van der Waals surface area (Å²) in [6.07, 6.45) is 0.210. The molecule has 0 spiro atoms. The molecule has 0 unspecified atom stereocenters. The fourth-order valence-electron chi connectivity index (χ4n) is 2.48. The summed E-state index contributed by atoms with van der Waals surface area (Å²) in [6, 6.07) is 23.3. The van der Waals surface area contributed by atoms with Crippen molar-refractivity contribution in [3.63, 3.8) is 0 Å². The number of anilines is 1. The third-order valence-electron chi connectivity index (χ3n) is 3.88. The highest BCUT2D eigenvalue weighted by Gasteiger charge is 2.11. The highest BCUT2D eigenvalue weighted by molar-refractivity contribution is 6.33. The lowest BCUT2D eigenvalue weighted by molar-refractivity contribution is -0.116. The van der Waals surface area contributed by atoms with Crippen LogP contribution in [0.25, 0.3) is 0 Å². The lowest BCUT2D eigenvalue weighted by Gasteiger charge is -2.08. The number of hydrogen-bond acceptors (Lipinski definition) is 3. The maximum Gasteiger partial charge on any atom is 0.224 e. The Balaban J connectivity index is 1.52. The van der Waals surface area contributed by atoms with Gasteiger partial charge in [-0.25, -0.2) is 0 Å². The Morgan fingerprint density at radius 3 is 2.11 bits per heavy atom. The van der Waals surface area contributed by atoms with E-state index in [4.69, 9.17) is 16.3 Å². The quantitative estimate of drug-likeness (QED) is 0.533. The van der Waals surface area contributed by atoms with Gasteiger partial charge in [0.05, 0.1) is 10.7 Å². The number of rotatable bonds is 7. The summed E-state index contributed by atoms with van der Waals surface area (Å²) in [5.41, 5.74) is 1.08. The molecular formula is C22H18ClNO3. The van der Waals surface area contributed by atoms with E-state index < -0.39 is 0 Å². The van der Waals surface area contributed by atoms with Crippen LogP contribution in [0.3, 0.4) is 0 Å². The van der Waals surface area contributed by atoms with Crippen LogP contribution in [0, 0.1) is 0 Å². The molecule has 1 N–H and O–H groups in total. The smallest absolute Gasteiger partial charge is 0.224 e. The molecule has 0 atom stereocenters. The van der Waals surface area contributed by atoms with E-state index >= 15 is 0 Å². The molecular weight excluding hydrogens is 362 g/mol. The molecule has 0 aliphatic rings. The van der Waals surface area contributed by atoms with Gasteiger partial charge < -0.3 is 10.1 Å². The molecule has 5 heteroatoms. The van der Waals surface area contributed by atoms with Crippen molar-refractivity contribution in [2.75, 3.05) is 5.32 Å². The second-order valence-electron chi connectivity index (χ2n) is 5.89. The maximum absolute atomic E-state index is 12.3. The van der Waals surface area contributed by atoms with Crippen molar-refractivity contribution in [1.29, 1.82) is 0 Å². The Bertz CT molecular complexity index is 924. The Morgan fingerprint density at radius 2 is 1.41 bits per heavy atom. The lowest BCUT2D eigenvalue weighted by atomic mass is 10.1. The molecule has 0 aromatic heterocycles. The van der Waals surface area contributed by atoms with Crippen LogP contribution in [0.4, 0.5) is 5.69 Å².